The van der Waals surface area contributed by atoms with Gasteiger partial charge in [0.05, 0.1) is 18.8 Å². The smallest absolute Gasteiger partial charge is 0.329 e. The third-order valence-corrected chi connectivity index (χ3v) is 11.8. The van der Waals surface area contributed by atoms with E-state index >= 15 is 0 Å². The molecular formula is C45H68N6O9. The number of nitrogens with one attached hydrogen (secondary N) is 1. The molecule has 0 saturated carbocycles. The van der Waals surface area contributed by atoms with Crippen molar-refractivity contribution >= 4 is 35.5 Å². The van der Waals surface area contributed by atoms with Crippen LogP contribution in [0.1, 0.15) is 97.1 Å². The number of amides is 4. The van der Waals surface area contributed by atoms with Crippen LogP contribution in [-0.4, -0.2) is 142 Å². The molecule has 60 heavy (non-hydrogen) atoms. The number of benzene rings is 1. The van der Waals surface area contributed by atoms with Gasteiger partial charge < -0.3 is 34.6 Å². The summed E-state index contributed by atoms with van der Waals surface area (Å²) in [5, 5.41) is 13.9. The van der Waals surface area contributed by atoms with Crippen LogP contribution in [0.2, 0.25) is 0 Å². The molecule has 4 amide bonds. The fourth-order valence-corrected chi connectivity index (χ4v) is 8.76. The lowest BCUT2D eigenvalue weighted by molar-refractivity contribution is -0.160. The molecule has 6 atom stereocenters. The number of likely N-dealkylation sites (N-methyl/N-ethyl adjacent to an activating group) is 2. The molecule has 4 rings (SSSR count). The number of rotatable bonds is 17. The van der Waals surface area contributed by atoms with E-state index in [1.807, 2.05) is 90.9 Å². The average Bonchev–Trinajstić information content (AvgIpc) is 3.94. The zero-order chi connectivity index (χ0) is 44.7. The van der Waals surface area contributed by atoms with Gasteiger partial charge in [-0.1, -0.05) is 85.7 Å². The Hall–Kier alpha value is -4.92. The number of esters is 1. The molecule has 2 saturated heterocycles. The van der Waals surface area contributed by atoms with Crippen LogP contribution in [0, 0.1) is 23.7 Å². The molecule has 1 aromatic carbocycles. The molecule has 15 heteroatoms. The fourth-order valence-electron chi connectivity index (χ4n) is 8.76. The van der Waals surface area contributed by atoms with E-state index in [1.54, 1.807) is 20.9 Å². The van der Waals surface area contributed by atoms with Crippen molar-refractivity contribution in [2.24, 2.45) is 23.7 Å². The number of hydrogen-bond acceptors (Lipinski definition) is 10. The lowest BCUT2D eigenvalue weighted by Gasteiger charge is -2.38. The summed E-state index contributed by atoms with van der Waals surface area (Å²) < 4.78 is 12.6. The van der Waals surface area contributed by atoms with Crippen LogP contribution >= 0.6 is 0 Å². The highest BCUT2D eigenvalue weighted by Gasteiger charge is 2.47. The van der Waals surface area contributed by atoms with Crippen LogP contribution in [0.4, 0.5) is 0 Å². The number of carbonyl (C=O) groups excluding carboxylic acids is 6. The van der Waals surface area contributed by atoms with E-state index in [9.17, 15) is 33.9 Å². The largest absolute Gasteiger partial charge is 0.495 e. The first kappa shape index (κ1) is 47.8. The maximum Gasteiger partial charge on any atom is 0.329 e. The van der Waals surface area contributed by atoms with Gasteiger partial charge in [-0.05, 0) is 69.0 Å². The Morgan fingerprint density at radius 2 is 1.37 bits per heavy atom. The van der Waals surface area contributed by atoms with Crippen molar-refractivity contribution in [3.05, 3.63) is 47.7 Å². The second kappa shape index (κ2) is 20.6. The van der Waals surface area contributed by atoms with E-state index in [0.717, 1.165) is 10.1 Å². The average molecular weight is 837 g/mol. The van der Waals surface area contributed by atoms with Crippen molar-refractivity contribution in [3.8, 4) is 11.6 Å². The number of methoxy groups -OCH3 is 1. The Bertz CT molecular complexity index is 1830. The topological polar surface area (TPSA) is 171 Å². The molecule has 332 valence electrons. The quantitative estimate of drug-likeness (QED) is 0.220. The molecule has 2 aromatic rings. The maximum atomic E-state index is 14.5. The highest BCUT2D eigenvalue weighted by atomic mass is 16.6. The highest BCUT2D eigenvalue weighted by Crippen LogP contribution is 2.33. The van der Waals surface area contributed by atoms with Crippen LogP contribution in [-0.2, 0) is 35.1 Å². The minimum Gasteiger partial charge on any atom is -0.495 e. The van der Waals surface area contributed by atoms with Gasteiger partial charge in [0.15, 0.2) is 6.10 Å². The molecule has 2 N–H and O–H groups in total. The summed E-state index contributed by atoms with van der Waals surface area (Å²) in [6.07, 6.45) is 0.731. The Balaban J connectivity index is 1.53. The van der Waals surface area contributed by atoms with Crippen LogP contribution in [0.5, 0.6) is 11.6 Å². The Morgan fingerprint density at radius 3 is 1.90 bits per heavy atom. The molecule has 0 bridgehead atoms. The summed E-state index contributed by atoms with van der Waals surface area (Å²) >= 11 is 0. The second-order valence-electron chi connectivity index (χ2n) is 17.9. The van der Waals surface area contributed by atoms with E-state index in [2.05, 4.69) is 5.32 Å². The lowest BCUT2D eigenvalue weighted by Crippen LogP contribution is -2.61. The first-order valence-electron chi connectivity index (χ1n) is 21.3. The molecule has 2 aliphatic rings. The third kappa shape index (κ3) is 10.5. The Kier molecular flexibility index (Phi) is 16.4. The van der Waals surface area contributed by atoms with Gasteiger partial charge in [0.2, 0.25) is 29.5 Å². The fraction of sp³-hybridized carbons (Fsp3) is 0.644. The summed E-state index contributed by atoms with van der Waals surface area (Å²) in [6.45, 7) is 15.3. The van der Waals surface area contributed by atoms with E-state index in [0.29, 0.717) is 43.7 Å². The molecule has 0 aliphatic carbocycles. The number of likely N-dealkylation sites (tertiary alicyclic amines) is 2. The van der Waals surface area contributed by atoms with Gasteiger partial charge in [-0.25, -0.2) is 9.36 Å². The third-order valence-electron chi connectivity index (χ3n) is 11.8. The van der Waals surface area contributed by atoms with E-state index in [1.165, 1.54) is 27.9 Å². The van der Waals surface area contributed by atoms with Gasteiger partial charge in [0, 0.05) is 32.6 Å². The zero-order valence-electron chi connectivity index (χ0n) is 37.6. The molecule has 3 heterocycles. The van der Waals surface area contributed by atoms with Gasteiger partial charge in [-0.15, -0.1) is 0 Å². The lowest BCUT2D eigenvalue weighted by atomic mass is 9.96. The minimum atomic E-state index is -1.30. The maximum absolute atomic E-state index is 14.5. The number of ether oxygens (including phenoxy) is 2. The second-order valence-corrected chi connectivity index (χ2v) is 17.9. The van der Waals surface area contributed by atoms with Crippen molar-refractivity contribution in [3.63, 3.8) is 0 Å². The van der Waals surface area contributed by atoms with Gasteiger partial charge in [-0.3, -0.25) is 28.9 Å². The van der Waals surface area contributed by atoms with Crippen LogP contribution in [0.3, 0.4) is 0 Å². The Labute approximate surface area is 355 Å². The highest BCUT2D eigenvalue weighted by molar-refractivity contribution is 5.96. The summed E-state index contributed by atoms with van der Waals surface area (Å²) in [4.78, 5) is 90.9. The molecule has 1 aromatic heterocycles. The number of aromatic nitrogens is 1. The summed E-state index contributed by atoms with van der Waals surface area (Å²) in [5.41, 5.74) is 1.28. The van der Waals surface area contributed by atoms with E-state index < -0.39 is 65.9 Å². The first-order valence-corrected chi connectivity index (χ1v) is 21.3. The molecule has 15 nitrogen and oxygen atoms in total. The predicted octanol–water partition coefficient (Wildman–Crippen LogP) is 4.19. The van der Waals surface area contributed by atoms with Gasteiger partial charge in [0.25, 0.3) is 5.91 Å². The van der Waals surface area contributed by atoms with Crippen LogP contribution < -0.4 is 10.1 Å². The normalized spacial score (nSPS) is 18.9. The van der Waals surface area contributed by atoms with Crippen molar-refractivity contribution in [2.45, 2.75) is 124 Å². The van der Waals surface area contributed by atoms with Gasteiger partial charge >= 0.3 is 5.97 Å². The van der Waals surface area contributed by atoms with Crippen LogP contribution in [0.15, 0.2) is 36.4 Å². The summed E-state index contributed by atoms with van der Waals surface area (Å²) in [6, 6.07) is 6.63. The zero-order valence-corrected chi connectivity index (χ0v) is 37.6. The first-order chi connectivity index (χ1) is 28.2. The summed E-state index contributed by atoms with van der Waals surface area (Å²) in [7, 11) is 6.65. The molecule has 0 spiro atoms. The Morgan fingerprint density at radius 1 is 0.783 bits per heavy atom. The molecule has 0 radical (unpaired) electrons. The van der Waals surface area contributed by atoms with Crippen molar-refractivity contribution in [1.82, 2.24) is 29.5 Å². The predicted molar refractivity (Wildman–Crippen MR) is 227 cm³/mol. The van der Waals surface area contributed by atoms with Crippen molar-refractivity contribution in [1.29, 1.82) is 0 Å². The number of aromatic hydroxyl groups is 1. The molecule has 2 aliphatic heterocycles. The molecular weight excluding hydrogens is 769 g/mol. The van der Waals surface area contributed by atoms with E-state index in [-0.39, 0.29) is 48.4 Å². The summed E-state index contributed by atoms with van der Waals surface area (Å²) in [5.74, 6) is -3.97. The molecule has 2 fully saturated rings. The minimum absolute atomic E-state index is 0.00583. The van der Waals surface area contributed by atoms with Gasteiger partial charge in [0.1, 0.15) is 29.9 Å². The SMILES string of the molecule is COc1cc(O)n(C(=O)[C@@H](OC(=O)C2CCCN2C(=O)C2CCCN2C(=O)[C@H](C(C)C)N(C)C(=O)[C@@H](NC(=O)[C@H](C(C)C)N(C)C)C(C)C)C(C)C)c1Cc1ccccc1. The monoisotopic (exact) mass is 837 g/mol. The van der Waals surface area contributed by atoms with Crippen LogP contribution in [0.25, 0.3) is 0 Å². The van der Waals surface area contributed by atoms with Crippen molar-refractivity contribution < 1.29 is 43.3 Å². The number of nitrogens with zero attached hydrogens (tertiary/aromatic N) is 5. The number of carbonyl (C=O) groups is 6. The number of hydrogen-bond donors (Lipinski definition) is 2. The van der Waals surface area contributed by atoms with Gasteiger partial charge in [-0.2, -0.15) is 0 Å². The van der Waals surface area contributed by atoms with Crippen molar-refractivity contribution in [2.75, 3.05) is 41.3 Å². The molecule has 2 unspecified atom stereocenters. The standard InChI is InChI=1S/C45H68N6O9/c1-26(2)36(46-40(53)37(27(3)4)47(9)10)42(55)48(11)38(28(5)6)43(56)49-22-16-20-31(49)41(54)50-23-17-21-32(50)45(58)60-39(29(7)8)44(57)51-33(34(59-12)25-35(51)52)24-30-18-14-13-15-19-30/h13-15,18-19,25-29,31-32,36-39,52H,16-17,20-24H2,1-12H3,(H,46,53)/t31?,32?,36-,37-,38-,39-/m0/s1. The van der Waals surface area contributed by atoms with E-state index in [4.69, 9.17) is 9.47 Å².